The number of aryl methyl sites for hydroxylation is 2. The van der Waals surface area contributed by atoms with Crippen molar-refractivity contribution in [3.63, 3.8) is 0 Å². The van der Waals surface area contributed by atoms with Gasteiger partial charge in [0.2, 0.25) is 5.91 Å². The lowest BCUT2D eigenvalue weighted by atomic mass is 10.2. The monoisotopic (exact) mass is 445 g/mol. The number of para-hydroxylation sites is 2. The van der Waals surface area contributed by atoms with Gasteiger partial charge in [-0.25, -0.2) is 9.36 Å². The molecule has 0 fully saturated rings. The Kier molecular flexibility index (Phi) is 6.26. The largest absolute Gasteiger partial charge is 0.494 e. The predicted molar refractivity (Wildman–Crippen MR) is 127 cm³/mol. The second-order valence-corrected chi connectivity index (χ2v) is 7.83. The molecule has 2 aromatic heterocycles. The zero-order valence-electron chi connectivity index (χ0n) is 19.2. The van der Waals surface area contributed by atoms with Crippen LogP contribution in [0.4, 0.5) is 0 Å². The SMILES string of the molecule is CCOc1ccccc1CNC(=O)C(C)n1nc(C)c2c(C)n(-c3ccccc3)nc2c1=O. The van der Waals surface area contributed by atoms with Crippen LogP contribution < -0.4 is 15.6 Å². The van der Waals surface area contributed by atoms with Gasteiger partial charge in [-0.15, -0.1) is 0 Å². The van der Waals surface area contributed by atoms with E-state index in [1.54, 1.807) is 11.6 Å². The number of fused-ring (bicyclic) bond motifs is 1. The first kappa shape index (κ1) is 22.3. The first-order valence-electron chi connectivity index (χ1n) is 10.9. The molecule has 1 atom stereocenters. The van der Waals surface area contributed by atoms with Crippen molar-refractivity contribution in [3.05, 3.63) is 81.9 Å². The van der Waals surface area contributed by atoms with E-state index in [9.17, 15) is 9.59 Å². The van der Waals surface area contributed by atoms with Crippen LogP contribution in [0.15, 0.2) is 59.4 Å². The summed E-state index contributed by atoms with van der Waals surface area (Å²) in [5.41, 5.74) is 3.09. The van der Waals surface area contributed by atoms with Crippen LogP contribution in [0, 0.1) is 13.8 Å². The maximum Gasteiger partial charge on any atom is 0.295 e. The summed E-state index contributed by atoms with van der Waals surface area (Å²) in [7, 11) is 0. The summed E-state index contributed by atoms with van der Waals surface area (Å²) < 4.78 is 8.57. The topological polar surface area (TPSA) is 91.0 Å². The fourth-order valence-corrected chi connectivity index (χ4v) is 3.92. The maximum absolute atomic E-state index is 13.3. The fraction of sp³-hybridized carbons (Fsp3) is 0.280. The minimum absolute atomic E-state index is 0.289. The van der Waals surface area contributed by atoms with Gasteiger partial charge in [0.25, 0.3) is 5.56 Å². The molecule has 0 bridgehead atoms. The van der Waals surface area contributed by atoms with Crippen LogP contribution in [0.2, 0.25) is 0 Å². The standard InChI is InChI=1S/C25H27N5O3/c1-5-33-21-14-10-9-11-19(21)15-26-24(31)18(4)30-25(32)23-22(16(2)27-30)17(3)29(28-23)20-12-7-6-8-13-20/h6-14,18H,5,15H2,1-4H3,(H,26,31). The van der Waals surface area contributed by atoms with Gasteiger partial charge in [-0.05, 0) is 45.9 Å². The molecule has 0 aliphatic heterocycles. The molecule has 0 saturated heterocycles. The van der Waals surface area contributed by atoms with Gasteiger partial charge in [-0.3, -0.25) is 9.59 Å². The van der Waals surface area contributed by atoms with Crippen molar-refractivity contribution in [3.8, 4) is 11.4 Å². The van der Waals surface area contributed by atoms with E-state index in [-0.39, 0.29) is 12.5 Å². The molecule has 0 saturated carbocycles. The van der Waals surface area contributed by atoms with Crippen molar-refractivity contribution < 1.29 is 9.53 Å². The Morgan fingerprint density at radius 1 is 1.06 bits per heavy atom. The van der Waals surface area contributed by atoms with Crippen molar-refractivity contribution >= 4 is 16.8 Å². The highest BCUT2D eigenvalue weighted by Crippen LogP contribution is 2.22. The molecule has 8 heteroatoms. The maximum atomic E-state index is 13.3. The Bertz CT molecular complexity index is 1360. The minimum Gasteiger partial charge on any atom is -0.494 e. The summed E-state index contributed by atoms with van der Waals surface area (Å²) in [6, 6.07) is 16.3. The van der Waals surface area contributed by atoms with Gasteiger partial charge in [0.05, 0.1) is 29.1 Å². The molecule has 2 aromatic carbocycles. The van der Waals surface area contributed by atoms with Crippen molar-refractivity contribution in [2.45, 2.75) is 40.3 Å². The number of hydrogen-bond donors (Lipinski definition) is 1. The van der Waals surface area contributed by atoms with E-state index in [1.807, 2.05) is 75.4 Å². The molecule has 2 heterocycles. The molecule has 1 N–H and O–H groups in total. The number of nitrogens with zero attached hydrogens (tertiary/aromatic N) is 4. The summed E-state index contributed by atoms with van der Waals surface area (Å²) in [6.07, 6.45) is 0. The van der Waals surface area contributed by atoms with Gasteiger partial charge < -0.3 is 10.1 Å². The number of benzene rings is 2. The Hall–Kier alpha value is -3.94. The summed E-state index contributed by atoms with van der Waals surface area (Å²) in [4.78, 5) is 26.2. The van der Waals surface area contributed by atoms with Gasteiger partial charge in [-0.2, -0.15) is 10.2 Å². The highest BCUT2D eigenvalue weighted by Gasteiger charge is 2.23. The normalized spacial score (nSPS) is 12.0. The third-order valence-electron chi connectivity index (χ3n) is 5.62. The second kappa shape index (κ2) is 9.28. The molecule has 1 unspecified atom stereocenters. The highest BCUT2D eigenvalue weighted by atomic mass is 16.5. The van der Waals surface area contributed by atoms with Crippen LogP contribution in [0.25, 0.3) is 16.6 Å². The van der Waals surface area contributed by atoms with Crippen molar-refractivity contribution in [2.75, 3.05) is 6.61 Å². The lowest BCUT2D eigenvalue weighted by Gasteiger charge is -2.16. The van der Waals surface area contributed by atoms with E-state index < -0.39 is 11.6 Å². The van der Waals surface area contributed by atoms with Gasteiger partial charge in [0, 0.05) is 12.1 Å². The fourth-order valence-electron chi connectivity index (χ4n) is 3.92. The van der Waals surface area contributed by atoms with Crippen molar-refractivity contribution in [2.24, 2.45) is 0 Å². The van der Waals surface area contributed by atoms with Crippen LogP contribution >= 0.6 is 0 Å². The Morgan fingerprint density at radius 3 is 2.48 bits per heavy atom. The third kappa shape index (κ3) is 4.24. The first-order valence-corrected chi connectivity index (χ1v) is 10.9. The summed E-state index contributed by atoms with van der Waals surface area (Å²) in [6.45, 7) is 8.13. The number of rotatable bonds is 7. The zero-order chi connectivity index (χ0) is 23.5. The Balaban J connectivity index is 1.63. The van der Waals surface area contributed by atoms with Crippen molar-refractivity contribution in [1.29, 1.82) is 0 Å². The number of carbonyl (C=O) groups excluding carboxylic acids is 1. The predicted octanol–water partition coefficient (Wildman–Crippen LogP) is 3.48. The lowest BCUT2D eigenvalue weighted by molar-refractivity contribution is -0.124. The first-order chi connectivity index (χ1) is 15.9. The molecule has 8 nitrogen and oxygen atoms in total. The van der Waals surface area contributed by atoms with Gasteiger partial charge >= 0.3 is 0 Å². The van der Waals surface area contributed by atoms with Crippen LogP contribution in [0.5, 0.6) is 5.75 Å². The average Bonchev–Trinajstić information content (AvgIpc) is 3.19. The highest BCUT2D eigenvalue weighted by molar-refractivity contribution is 5.84. The number of carbonyl (C=O) groups is 1. The van der Waals surface area contributed by atoms with Gasteiger partial charge in [0.15, 0.2) is 5.52 Å². The molecule has 4 aromatic rings. The number of ether oxygens (including phenoxy) is 1. The lowest BCUT2D eigenvalue weighted by Crippen LogP contribution is -2.37. The number of nitrogens with one attached hydrogen (secondary N) is 1. The van der Waals surface area contributed by atoms with Crippen LogP contribution in [0.3, 0.4) is 0 Å². The molecule has 0 spiro atoms. The Morgan fingerprint density at radius 2 is 1.76 bits per heavy atom. The van der Waals surface area contributed by atoms with Gasteiger partial charge in [-0.1, -0.05) is 36.4 Å². The average molecular weight is 446 g/mol. The minimum atomic E-state index is -0.804. The number of aromatic nitrogens is 4. The molecule has 0 radical (unpaired) electrons. The smallest absolute Gasteiger partial charge is 0.295 e. The molecular weight excluding hydrogens is 418 g/mol. The van der Waals surface area contributed by atoms with E-state index in [2.05, 4.69) is 15.5 Å². The van der Waals surface area contributed by atoms with E-state index in [1.165, 1.54) is 4.68 Å². The summed E-state index contributed by atoms with van der Waals surface area (Å²) >= 11 is 0. The van der Waals surface area contributed by atoms with Crippen LogP contribution in [-0.2, 0) is 11.3 Å². The number of hydrogen-bond acceptors (Lipinski definition) is 5. The van der Waals surface area contributed by atoms with E-state index in [0.29, 0.717) is 23.2 Å². The summed E-state index contributed by atoms with van der Waals surface area (Å²) in [5.74, 6) is 0.413. The van der Waals surface area contributed by atoms with Crippen LogP contribution in [0.1, 0.15) is 36.8 Å². The third-order valence-corrected chi connectivity index (χ3v) is 5.62. The van der Waals surface area contributed by atoms with E-state index in [0.717, 1.165) is 22.7 Å². The molecule has 1 amide bonds. The molecular formula is C25H27N5O3. The van der Waals surface area contributed by atoms with E-state index in [4.69, 9.17) is 4.74 Å². The molecule has 0 aliphatic carbocycles. The molecule has 170 valence electrons. The number of amides is 1. The molecule has 4 rings (SSSR count). The van der Waals surface area contributed by atoms with E-state index >= 15 is 0 Å². The summed E-state index contributed by atoms with van der Waals surface area (Å²) in [5, 5.41) is 12.6. The van der Waals surface area contributed by atoms with Gasteiger partial charge in [0.1, 0.15) is 11.8 Å². The zero-order valence-corrected chi connectivity index (χ0v) is 19.2. The quantitative estimate of drug-likeness (QED) is 0.470. The molecule has 33 heavy (non-hydrogen) atoms. The second-order valence-electron chi connectivity index (χ2n) is 7.83. The Labute approximate surface area is 191 Å². The van der Waals surface area contributed by atoms with Crippen LogP contribution in [-0.4, -0.2) is 32.1 Å². The molecule has 0 aliphatic rings. The van der Waals surface area contributed by atoms with Crippen molar-refractivity contribution in [1.82, 2.24) is 24.9 Å².